The van der Waals surface area contributed by atoms with Crippen molar-refractivity contribution in [2.24, 2.45) is 0 Å². The summed E-state index contributed by atoms with van der Waals surface area (Å²) in [6.45, 7) is 6.54. The summed E-state index contributed by atoms with van der Waals surface area (Å²) in [7, 11) is 0. The molecule has 0 aromatic heterocycles. The fraction of sp³-hybridized carbons (Fsp3) is 0.296. The maximum atomic E-state index is 7.32. The van der Waals surface area contributed by atoms with Gasteiger partial charge in [-0.1, -0.05) is 77.3 Å². The van der Waals surface area contributed by atoms with Crippen molar-refractivity contribution in [2.45, 2.75) is 37.0 Å². The van der Waals surface area contributed by atoms with E-state index in [9.17, 15) is 0 Å². The summed E-state index contributed by atoms with van der Waals surface area (Å²) in [6.07, 6.45) is 2.22. The molecular formula is C27H29Cl2N3S. The number of nitrogens with zero attached hydrogens (tertiary/aromatic N) is 1. The molecule has 0 amide bonds. The molecule has 0 spiro atoms. The zero-order valence-electron chi connectivity index (χ0n) is 19.0. The number of piperidine rings is 1. The summed E-state index contributed by atoms with van der Waals surface area (Å²) in [6, 6.07) is 25.2. The van der Waals surface area contributed by atoms with Gasteiger partial charge in [0.25, 0.3) is 0 Å². The molecule has 3 aromatic carbocycles. The van der Waals surface area contributed by atoms with Crippen molar-refractivity contribution in [1.82, 2.24) is 10.0 Å². The second kappa shape index (κ2) is 12.5. The number of aryl methyl sites for hydroxylation is 1. The lowest BCUT2D eigenvalue weighted by Gasteiger charge is -2.38. The van der Waals surface area contributed by atoms with Crippen LogP contribution in [0.1, 0.15) is 30.9 Å². The third kappa shape index (κ3) is 7.24. The number of nitriles is 1. The maximum absolute atomic E-state index is 7.32. The molecule has 2 N–H and O–H groups in total. The highest BCUT2D eigenvalue weighted by molar-refractivity contribution is 7.97. The fourth-order valence-corrected chi connectivity index (χ4v) is 5.70. The lowest BCUT2D eigenvalue weighted by atomic mass is 9.73. The summed E-state index contributed by atoms with van der Waals surface area (Å²) in [4.78, 5) is 1.03. The van der Waals surface area contributed by atoms with Gasteiger partial charge in [0.15, 0.2) is 0 Å². The van der Waals surface area contributed by atoms with Crippen molar-refractivity contribution in [3.8, 4) is 17.2 Å². The molecule has 3 aromatic rings. The van der Waals surface area contributed by atoms with Gasteiger partial charge in [-0.05, 0) is 79.7 Å². The normalized spacial score (nSPS) is 14.6. The van der Waals surface area contributed by atoms with Crippen molar-refractivity contribution in [3.63, 3.8) is 0 Å². The first kappa shape index (κ1) is 25.6. The van der Waals surface area contributed by atoms with Crippen molar-refractivity contribution < 1.29 is 0 Å². The highest BCUT2D eigenvalue weighted by Gasteiger charge is 2.33. The van der Waals surface area contributed by atoms with E-state index in [4.69, 9.17) is 28.5 Å². The number of hydrogen-bond acceptors (Lipinski definition) is 4. The zero-order chi connectivity index (χ0) is 23.7. The van der Waals surface area contributed by atoms with Crippen molar-refractivity contribution in [3.05, 3.63) is 87.9 Å². The van der Waals surface area contributed by atoms with Crippen LogP contribution in [0.4, 0.5) is 0 Å². The minimum Gasteiger partial charge on any atom is -0.317 e. The van der Waals surface area contributed by atoms with Gasteiger partial charge in [0.1, 0.15) is 0 Å². The summed E-state index contributed by atoms with van der Waals surface area (Å²) < 4.78 is 3.59. The summed E-state index contributed by atoms with van der Waals surface area (Å²) in [5, 5.41) is 12.2. The Bertz CT molecular complexity index is 1070. The van der Waals surface area contributed by atoms with Crippen LogP contribution >= 0.6 is 35.1 Å². The summed E-state index contributed by atoms with van der Waals surface area (Å²) in [5.41, 5.74) is 5.34. The molecule has 172 valence electrons. The van der Waals surface area contributed by atoms with E-state index >= 15 is 0 Å². The number of halogens is 2. The third-order valence-corrected chi connectivity index (χ3v) is 7.04. The second-order valence-electron chi connectivity index (χ2n) is 8.23. The molecule has 0 radical (unpaired) electrons. The molecule has 3 nitrogen and oxygen atoms in total. The number of benzene rings is 3. The fourth-order valence-electron chi connectivity index (χ4n) is 4.16. The number of nitrogens with one attached hydrogen (secondary N) is 2. The Hall–Kier alpha value is -2.00. The van der Waals surface area contributed by atoms with Gasteiger partial charge in [-0.15, -0.1) is 0 Å². The standard InChI is InChI=1S/C25H26Cl2N2S.C2H3N/c1-18-3-2-4-20(13-18)19-5-7-21(8-6-19)25(9-11-28-12-10-25)17-29-30-24-15-22(26)14-23(27)16-24;1-2-3/h2-8,13-16,28-29H,9-12,17H2,1H3;1H3. The van der Waals surface area contributed by atoms with Crippen LogP contribution in [0.25, 0.3) is 11.1 Å². The highest BCUT2D eigenvalue weighted by atomic mass is 35.5. The predicted molar refractivity (Wildman–Crippen MR) is 142 cm³/mol. The van der Waals surface area contributed by atoms with E-state index in [1.165, 1.54) is 29.2 Å². The molecule has 6 heteroatoms. The van der Waals surface area contributed by atoms with Gasteiger partial charge >= 0.3 is 0 Å². The number of rotatable bonds is 6. The topological polar surface area (TPSA) is 47.9 Å². The molecular weight excluding hydrogens is 469 g/mol. The van der Waals surface area contributed by atoms with Crippen LogP contribution in [0, 0.1) is 18.3 Å². The second-order valence-corrected chi connectivity index (χ2v) is 10.1. The van der Waals surface area contributed by atoms with E-state index < -0.39 is 0 Å². The molecule has 1 aliphatic rings. The third-order valence-electron chi connectivity index (χ3n) is 5.85. The molecule has 33 heavy (non-hydrogen) atoms. The zero-order valence-corrected chi connectivity index (χ0v) is 21.3. The Balaban J connectivity index is 0.000000968. The molecule has 0 atom stereocenters. The van der Waals surface area contributed by atoms with Crippen molar-refractivity contribution in [1.29, 1.82) is 5.26 Å². The van der Waals surface area contributed by atoms with Crippen LogP contribution in [0.2, 0.25) is 10.0 Å². The first-order valence-corrected chi connectivity index (χ1v) is 12.6. The van der Waals surface area contributed by atoms with Crippen LogP contribution in [-0.2, 0) is 5.41 Å². The molecule has 0 bridgehead atoms. The minimum atomic E-state index is 0.117. The molecule has 0 aliphatic carbocycles. The molecule has 0 saturated carbocycles. The average molecular weight is 499 g/mol. The van der Waals surface area contributed by atoms with Gasteiger partial charge < -0.3 is 5.32 Å². The Morgan fingerprint density at radius 1 is 0.970 bits per heavy atom. The Morgan fingerprint density at radius 2 is 1.61 bits per heavy atom. The summed E-state index contributed by atoms with van der Waals surface area (Å²) >= 11 is 13.9. The van der Waals surface area contributed by atoms with Gasteiger partial charge in [0.05, 0.1) is 6.07 Å². The van der Waals surface area contributed by atoms with Crippen LogP contribution in [0.5, 0.6) is 0 Å². The molecule has 0 unspecified atom stereocenters. The summed E-state index contributed by atoms with van der Waals surface area (Å²) in [5.74, 6) is 0. The van der Waals surface area contributed by atoms with E-state index in [1.807, 2.05) is 12.1 Å². The number of hydrogen-bond donors (Lipinski definition) is 2. The lowest BCUT2D eigenvalue weighted by molar-refractivity contribution is 0.309. The van der Waals surface area contributed by atoms with Gasteiger partial charge in [0.2, 0.25) is 0 Å². The van der Waals surface area contributed by atoms with Crippen molar-refractivity contribution in [2.75, 3.05) is 19.6 Å². The van der Waals surface area contributed by atoms with Crippen LogP contribution in [0.3, 0.4) is 0 Å². The van der Waals surface area contributed by atoms with Gasteiger partial charge in [-0.3, -0.25) is 4.72 Å². The van der Waals surface area contributed by atoms with Crippen LogP contribution < -0.4 is 10.0 Å². The Kier molecular flexibility index (Phi) is 9.67. The lowest BCUT2D eigenvalue weighted by Crippen LogP contribution is -2.45. The molecule has 1 heterocycles. The molecule has 1 saturated heterocycles. The van der Waals surface area contributed by atoms with E-state index in [2.05, 4.69) is 65.5 Å². The van der Waals surface area contributed by atoms with Gasteiger partial charge in [0, 0.05) is 33.8 Å². The van der Waals surface area contributed by atoms with E-state index in [0.717, 1.165) is 37.4 Å². The van der Waals surface area contributed by atoms with Crippen molar-refractivity contribution >= 4 is 35.1 Å². The first-order valence-electron chi connectivity index (χ1n) is 11.0. The van der Waals surface area contributed by atoms with Crippen LogP contribution in [0.15, 0.2) is 71.6 Å². The van der Waals surface area contributed by atoms with E-state index in [1.54, 1.807) is 24.1 Å². The average Bonchev–Trinajstić information content (AvgIpc) is 2.80. The van der Waals surface area contributed by atoms with Gasteiger partial charge in [-0.2, -0.15) is 5.26 Å². The van der Waals surface area contributed by atoms with Crippen LogP contribution in [-0.4, -0.2) is 19.6 Å². The highest BCUT2D eigenvalue weighted by Crippen LogP contribution is 2.35. The minimum absolute atomic E-state index is 0.117. The molecule has 1 aliphatic heterocycles. The monoisotopic (exact) mass is 497 g/mol. The Morgan fingerprint density at radius 3 is 2.21 bits per heavy atom. The smallest absolute Gasteiger partial charge is 0.0587 e. The maximum Gasteiger partial charge on any atom is 0.0587 e. The quantitative estimate of drug-likeness (QED) is 0.347. The molecule has 1 fully saturated rings. The first-order chi connectivity index (χ1) is 16.0. The van der Waals surface area contributed by atoms with E-state index in [0.29, 0.717) is 10.0 Å². The van der Waals surface area contributed by atoms with Gasteiger partial charge in [-0.25, -0.2) is 0 Å². The molecule has 4 rings (SSSR count). The Labute approximate surface area is 211 Å². The van der Waals surface area contributed by atoms with E-state index in [-0.39, 0.29) is 5.41 Å². The largest absolute Gasteiger partial charge is 0.317 e. The SMILES string of the molecule is CC#N.Cc1cccc(-c2ccc(C3(CNSc4cc(Cl)cc(Cl)c4)CCNCC3)cc2)c1. The predicted octanol–water partition coefficient (Wildman–Crippen LogP) is 7.42.